The fourth-order valence-corrected chi connectivity index (χ4v) is 2.42. The summed E-state index contributed by atoms with van der Waals surface area (Å²) in [6.45, 7) is 0.717. The summed E-state index contributed by atoms with van der Waals surface area (Å²) in [5, 5.41) is 0. The molecule has 0 aliphatic heterocycles. The summed E-state index contributed by atoms with van der Waals surface area (Å²) in [4.78, 5) is 0. The molecule has 0 amide bonds. The Hall–Kier alpha value is -0.0900. The second-order valence-electron chi connectivity index (χ2n) is 3.75. The molecule has 4 heteroatoms. The van der Waals surface area contributed by atoms with Crippen LogP contribution in [0.2, 0.25) is 0 Å². The number of hydrogen-bond acceptors (Lipinski definition) is 3. The Labute approximate surface area is 74.3 Å². The summed E-state index contributed by atoms with van der Waals surface area (Å²) in [5.74, 6) is 1.49. The molecule has 0 saturated heterocycles. The number of rotatable bonds is 4. The molecule has 2 N–H and O–H groups in total. The van der Waals surface area contributed by atoms with Crippen molar-refractivity contribution in [2.75, 3.05) is 18.6 Å². The minimum Gasteiger partial charge on any atom is -0.330 e. The van der Waals surface area contributed by atoms with Crippen LogP contribution in [0.15, 0.2) is 0 Å². The van der Waals surface area contributed by atoms with Gasteiger partial charge in [-0.15, -0.1) is 0 Å². The molecule has 0 radical (unpaired) electrons. The number of nitrogens with two attached hydrogens (primary N) is 1. The van der Waals surface area contributed by atoms with Crippen LogP contribution < -0.4 is 5.73 Å². The highest BCUT2D eigenvalue weighted by molar-refractivity contribution is 7.90. The zero-order chi connectivity index (χ0) is 9.19. The van der Waals surface area contributed by atoms with E-state index in [1.54, 1.807) is 0 Å². The lowest BCUT2D eigenvalue weighted by Crippen LogP contribution is -2.33. The summed E-state index contributed by atoms with van der Waals surface area (Å²) >= 11 is 0. The van der Waals surface area contributed by atoms with Crippen molar-refractivity contribution in [3.05, 3.63) is 0 Å². The molecule has 12 heavy (non-hydrogen) atoms. The lowest BCUT2D eigenvalue weighted by molar-refractivity contribution is 0.179. The van der Waals surface area contributed by atoms with E-state index >= 15 is 0 Å². The third kappa shape index (κ3) is 2.75. The summed E-state index contributed by atoms with van der Waals surface area (Å²) in [7, 11) is -2.77. The maximum absolute atomic E-state index is 10.8. The molecule has 0 aromatic heterocycles. The Morgan fingerprint density at radius 2 is 1.92 bits per heavy atom. The zero-order valence-electron chi connectivity index (χ0n) is 7.49. The Morgan fingerprint density at radius 1 is 1.33 bits per heavy atom. The predicted octanol–water partition coefficient (Wildman–Crippen LogP) is 0.406. The molecule has 0 heterocycles. The molecule has 1 fully saturated rings. The number of hydrogen-bond donors (Lipinski definition) is 1. The van der Waals surface area contributed by atoms with Crippen LogP contribution in [0.1, 0.15) is 19.3 Å². The molecule has 0 bridgehead atoms. The number of sulfone groups is 1. The minimum atomic E-state index is -2.77. The molecular formula is C8H17NO2S. The van der Waals surface area contributed by atoms with Gasteiger partial charge in [0.25, 0.3) is 0 Å². The second-order valence-corrected chi connectivity index (χ2v) is 6.01. The average molecular weight is 191 g/mol. The van der Waals surface area contributed by atoms with E-state index in [0.29, 0.717) is 24.1 Å². The molecule has 2 unspecified atom stereocenters. The van der Waals surface area contributed by atoms with Crippen molar-refractivity contribution >= 4 is 9.84 Å². The van der Waals surface area contributed by atoms with E-state index < -0.39 is 9.84 Å². The van der Waals surface area contributed by atoms with Crippen molar-refractivity contribution in [1.82, 2.24) is 0 Å². The van der Waals surface area contributed by atoms with E-state index in [1.165, 1.54) is 12.7 Å². The summed E-state index contributed by atoms with van der Waals surface area (Å²) < 4.78 is 21.7. The molecule has 1 aliphatic carbocycles. The first kappa shape index (κ1) is 9.99. The molecular weight excluding hydrogens is 174 g/mol. The molecule has 0 aromatic rings. The predicted molar refractivity (Wildman–Crippen MR) is 49.6 cm³/mol. The van der Waals surface area contributed by atoms with E-state index in [1.807, 2.05) is 0 Å². The molecule has 1 saturated carbocycles. The van der Waals surface area contributed by atoms with Gasteiger partial charge in [0.15, 0.2) is 0 Å². The van der Waals surface area contributed by atoms with Crippen LogP contribution in [0.25, 0.3) is 0 Å². The van der Waals surface area contributed by atoms with E-state index in [-0.39, 0.29) is 0 Å². The van der Waals surface area contributed by atoms with Crippen molar-refractivity contribution in [3.8, 4) is 0 Å². The van der Waals surface area contributed by atoms with Crippen LogP contribution in [0.3, 0.4) is 0 Å². The SMILES string of the molecule is CS(=O)(=O)CCC1CCC1CN. The average Bonchev–Trinajstić information content (AvgIpc) is 1.83. The van der Waals surface area contributed by atoms with Gasteiger partial charge in [0.1, 0.15) is 9.84 Å². The molecule has 0 aromatic carbocycles. The van der Waals surface area contributed by atoms with Crippen LogP contribution in [-0.4, -0.2) is 27.0 Å². The Morgan fingerprint density at radius 3 is 2.25 bits per heavy atom. The standard InChI is InChI=1S/C8H17NO2S/c1-12(10,11)5-4-7-2-3-8(7)6-9/h7-8H,2-6,9H2,1H3. The topological polar surface area (TPSA) is 60.2 Å². The smallest absolute Gasteiger partial charge is 0.147 e. The monoisotopic (exact) mass is 191 g/mol. The van der Waals surface area contributed by atoms with Gasteiger partial charge in [0, 0.05) is 6.26 Å². The third-order valence-electron chi connectivity index (χ3n) is 2.74. The Balaban J connectivity index is 2.25. The highest BCUT2D eigenvalue weighted by atomic mass is 32.2. The van der Waals surface area contributed by atoms with Crippen molar-refractivity contribution in [3.63, 3.8) is 0 Å². The van der Waals surface area contributed by atoms with Crippen LogP contribution in [0.4, 0.5) is 0 Å². The van der Waals surface area contributed by atoms with Gasteiger partial charge >= 0.3 is 0 Å². The zero-order valence-corrected chi connectivity index (χ0v) is 8.31. The van der Waals surface area contributed by atoms with Gasteiger partial charge in [0.05, 0.1) is 5.75 Å². The van der Waals surface area contributed by atoms with Gasteiger partial charge in [-0.3, -0.25) is 0 Å². The van der Waals surface area contributed by atoms with E-state index in [4.69, 9.17) is 5.73 Å². The van der Waals surface area contributed by atoms with Gasteiger partial charge < -0.3 is 5.73 Å². The molecule has 2 atom stereocenters. The van der Waals surface area contributed by atoms with E-state index in [9.17, 15) is 8.42 Å². The highest BCUT2D eigenvalue weighted by Crippen LogP contribution is 2.35. The highest BCUT2D eigenvalue weighted by Gasteiger charge is 2.29. The van der Waals surface area contributed by atoms with Crippen molar-refractivity contribution in [2.24, 2.45) is 17.6 Å². The van der Waals surface area contributed by atoms with Crippen LogP contribution >= 0.6 is 0 Å². The second kappa shape index (κ2) is 3.75. The van der Waals surface area contributed by atoms with Gasteiger partial charge in [-0.2, -0.15) is 0 Å². The van der Waals surface area contributed by atoms with Gasteiger partial charge in [-0.1, -0.05) is 0 Å². The Bertz CT molecular complexity index is 233. The Kier molecular flexibility index (Phi) is 3.12. The van der Waals surface area contributed by atoms with Crippen LogP contribution in [-0.2, 0) is 9.84 Å². The molecule has 3 nitrogen and oxygen atoms in total. The van der Waals surface area contributed by atoms with Gasteiger partial charge in [-0.25, -0.2) is 8.42 Å². The third-order valence-corrected chi connectivity index (χ3v) is 3.71. The summed E-state index contributed by atoms with van der Waals surface area (Å²) in [6.07, 6.45) is 4.45. The largest absolute Gasteiger partial charge is 0.330 e. The van der Waals surface area contributed by atoms with Crippen LogP contribution in [0, 0.1) is 11.8 Å². The summed E-state index contributed by atoms with van der Waals surface area (Å²) in [6, 6.07) is 0. The maximum Gasteiger partial charge on any atom is 0.147 e. The van der Waals surface area contributed by atoms with Crippen molar-refractivity contribution < 1.29 is 8.42 Å². The van der Waals surface area contributed by atoms with Crippen molar-refractivity contribution in [1.29, 1.82) is 0 Å². The first-order chi connectivity index (χ1) is 5.53. The van der Waals surface area contributed by atoms with Gasteiger partial charge in [0.2, 0.25) is 0 Å². The first-order valence-electron chi connectivity index (χ1n) is 4.40. The lowest BCUT2D eigenvalue weighted by atomic mass is 9.72. The van der Waals surface area contributed by atoms with Gasteiger partial charge in [-0.05, 0) is 37.6 Å². The normalized spacial score (nSPS) is 29.8. The van der Waals surface area contributed by atoms with Crippen molar-refractivity contribution in [2.45, 2.75) is 19.3 Å². The van der Waals surface area contributed by atoms with E-state index in [2.05, 4.69) is 0 Å². The fourth-order valence-electron chi connectivity index (χ4n) is 1.69. The quantitative estimate of drug-likeness (QED) is 0.700. The fraction of sp³-hybridized carbons (Fsp3) is 1.00. The van der Waals surface area contributed by atoms with Crippen LogP contribution in [0.5, 0.6) is 0 Å². The maximum atomic E-state index is 10.8. The molecule has 0 spiro atoms. The minimum absolute atomic E-state index is 0.328. The first-order valence-corrected chi connectivity index (χ1v) is 6.47. The van der Waals surface area contributed by atoms with E-state index in [0.717, 1.165) is 12.8 Å². The molecule has 1 aliphatic rings. The summed E-state index contributed by atoms with van der Waals surface area (Å²) in [5.41, 5.74) is 5.51. The molecule has 72 valence electrons. The lowest BCUT2D eigenvalue weighted by Gasteiger charge is -2.35. The molecule has 1 rings (SSSR count).